The standard InChI is InChI=1S/C23H27Cl2N3O3S/c1-32-13-8-21(27-22(29)19-7-4-17(24)14-20(19)25)23(30)26-15-16-2-5-18(6-3-16)28-9-11-31-12-10-28/h2-7,14,21H,8-13,15H2,1H3,(H,26,30)(H,27,29). The molecule has 172 valence electrons. The van der Waals surface area contributed by atoms with Crippen molar-refractivity contribution in [2.45, 2.75) is 19.0 Å². The summed E-state index contributed by atoms with van der Waals surface area (Å²) in [4.78, 5) is 27.8. The second-order valence-electron chi connectivity index (χ2n) is 7.42. The van der Waals surface area contributed by atoms with Crippen LogP contribution in [-0.4, -0.2) is 56.2 Å². The van der Waals surface area contributed by atoms with E-state index < -0.39 is 11.9 Å². The van der Waals surface area contributed by atoms with Gasteiger partial charge in [0.05, 0.1) is 23.8 Å². The largest absolute Gasteiger partial charge is 0.378 e. The summed E-state index contributed by atoms with van der Waals surface area (Å²) in [6, 6.07) is 12.1. The third-order valence-electron chi connectivity index (χ3n) is 5.19. The zero-order chi connectivity index (χ0) is 22.9. The third-order valence-corrected chi connectivity index (χ3v) is 6.38. The Morgan fingerprint density at radius 3 is 2.50 bits per heavy atom. The second-order valence-corrected chi connectivity index (χ2v) is 9.24. The highest BCUT2D eigenvalue weighted by Gasteiger charge is 2.22. The summed E-state index contributed by atoms with van der Waals surface area (Å²) in [6.07, 6.45) is 2.47. The van der Waals surface area contributed by atoms with E-state index in [1.165, 1.54) is 6.07 Å². The Hall–Kier alpha value is -1.93. The highest BCUT2D eigenvalue weighted by molar-refractivity contribution is 7.98. The van der Waals surface area contributed by atoms with E-state index in [4.69, 9.17) is 27.9 Å². The van der Waals surface area contributed by atoms with Crippen molar-refractivity contribution in [1.82, 2.24) is 10.6 Å². The summed E-state index contributed by atoms with van der Waals surface area (Å²) in [5.74, 6) is 0.110. The SMILES string of the molecule is CSCCC(NC(=O)c1ccc(Cl)cc1Cl)C(=O)NCc1ccc(N2CCOCC2)cc1. The average molecular weight is 496 g/mol. The van der Waals surface area contributed by atoms with Crippen LogP contribution in [0.15, 0.2) is 42.5 Å². The minimum atomic E-state index is -0.658. The van der Waals surface area contributed by atoms with Crippen molar-refractivity contribution >= 4 is 52.5 Å². The number of benzene rings is 2. The van der Waals surface area contributed by atoms with Crippen molar-refractivity contribution < 1.29 is 14.3 Å². The molecule has 1 aliphatic rings. The lowest BCUT2D eigenvalue weighted by Gasteiger charge is -2.29. The van der Waals surface area contributed by atoms with E-state index in [0.29, 0.717) is 18.0 Å². The number of halogens is 2. The van der Waals surface area contributed by atoms with Crippen LogP contribution in [0.25, 0.3) is 0 Å². The zero-order valence-corrected chi connectivity index (χ0v) is 20.2. The van der Waals surface area contributed by atoms with Gasteiger partial charge in [0, 0.05) is 30.3 Å². The Balaban J connectivity index is 1.58. The molecule has 2 aromatic rings. The van der Waals surface area contributed by atoms with Crippen LogP contribution in [0.3, 0.4) is 0 Å². The number of hydrogen-bond donors (Lipinski definition) is 2. The van der Waals surface area contributed by atoms with Gasteiger partial charge in [-0.15, -0.1) is 0 Å². The van der Waals surface area contributed by atoms with Crippen LogP contribution < -0.4 is 15.5 Å². The van der Waals surface area contributed by atoms with Crippen LogP contribution in [0.4, 0.5) is 5.69 Å². The molecule has 1 saturated heterocycles. The summed E-state index contributed by atoms with van der Waals surface area (Å²) < 4.78 is 5.39. The molecular weight excluding hydrogens is 469 g/mol. The van der Waals surface area contributed by atoms with Gasteiger partial charge in [0.15, 0.2) is 0 Å². The van der Waals surface area contributed by atoms with Gasteiger partial charge in [-0.3, -0.25) is 9.59 Å². The van der Waals surface area contributed by atoms with Crippen molar-refractivity contribution in [3.63, 3.8) is 0 Å². The van der Waals surface area contributed by atoms with E-state index in [0.717, 1.165) is 43.3 Å². The monoisotopic (exact) mass is 495 g/mol. The van der Waals surface area contributed by atoms with Crippen LogP contribution in [-0.2, 0) is 16.1 Å². The maximum Gasteiger partial charge on any atom is 0.253 e. The van der Waals surface area contributed by atoms with Crippen LogP contribution in [0.1, 0.15) is 22.3 Å². The fraction of sp³-hybridized carbons (Fsp3) is 0.391. The Labute approximate surface area is 203 Å². The average Bonchev–Trinajstić information content (AvgIpc) is 2.81. The minimum Gasteiger partial charge on any atom is -0.378 e. The quantitative estimate of drug-likeness (QED) is 0.550. The smallest absolute Gasteiger partial charge is 0.253 e. The highest BCUT2D eigenvalue weighted by atomic mass is 35.5. The van der Waals surface area contributed by atoms with Gasteiger partial charge in [0.1, 0.15) is 6.04 Å². The van der Waals surface area contributed by atoms with Crippen LogP contribution in [0.2, 0.25) is 10.0 Å². The number of morpholine rings is 1. The fourth-order valence-corrected chi connectivity index (χ4v) is 4.34. The number of anilines is 1. The van der Waals surface area contributed by atoms with Gasteiger partial charge >= 0.3 is 0 Å². The molecule has 0 aliphatic carbocycles. The highest BCUT2D eigenvalue weighted by Crippen LogP contribution is 2.21. The molecule has 9 heteroatoms. The first-order valence-corrected chi connectivity index (χ1v) is 12.6. The number of nitrogens with one attached hydrogen (secondary N) is 2. The van der Waals surface area contributed by atoms with E-state index in [9.17, 15) is 9.59 Å². The molecule has 1 aliphatic heterocycles. The molecule has 3 rings (SSSR count). The van der Waals surface area contributed by atoms with E-state index in [1.54, 1.807) is 23.9 Å². The summed E-state index contributed by atoms with van der Waals surface area (Å²) >= 11 is 13.7. The number of hydrogen-bond acceptors (Lipinski definition) is 5. The molecular formula is C23H27Cl2N3O3S. The predicted molar refractivity (Wildman–Crippen MR) is 132 cm³/mol. The maximum atomic E-state index is 12.8. The summed E-state index contributed by atoms with van der Waals surface area (Å²) in [7, 11) is 0. The second kappa shape index (κ2) is 12.3. The molecule has 0 saturated carbocycles. The van der Waals surface area contributed by atoms with Crippen LogP contribution in [0, 0.1) is 0 Å². The molecule has 1 heterocycles. The molecule has 1 atom stereocenters. The molecule has 6 nitrogen and oxygen atoms in total. The van der Waals surface area contributed by atoms with Gasteiger partial charge in [0.2, 0.25) is 5.91 Å². The number of carbonyl (C=O) groups is 2. The van der Waals surface area contributed by atoms with Gasteiger partial charge in [-0.25, -0.2) is 0 Å². The predicted octanol–water partition coefficient (Wildman–Crippen LogP) is 4.00. The number of nitrogens with zero attached hydrogens (tertiary/aromatic N) is 1. The first kappa shape index (κ1) is 24.7. The third kappa shape index (κ3) is 7.04. The van der Waals surface area contributed by atoms with Gasteiger partial charge < -0.3 is 20.3 Å². The lowest BCUT2D eigenvalue weighted by molar-refractivity contribution is -0.123. The lowest BCUT2D eigenvalue weighted by atomic mass is 10.1. The van der Waals surface area contributed by atoms with E-state index in [-0.39, 0.29) is 16.5 Å². The number of ether oxygens (including phenoxy) is 1. The van der Waals surface area contributed by atoms with Crippen molar-refractivity contribution in [2.75, 3.05) is 43.2 Å². The van der Waals surface area contributed by atoms with Crippen molar-refractivity contribution in [3.8, 4) is 0 Å². The lowest BCUT2D eigenvalue weighted by Crippen LogP contribution is -2.47. The Bertz CT molecular complexity index is 921. The molecule has 2 N–H and O–H groups in total. The molecule has 32 heavy (non-hydrogen) atoms. The summed E-state index contributed by atoms with van der Waals surface area (Å²) in [6.45, 7) is 3.62. The fourth-order valence-electron chi connectivity index (χ4n) is 3.37. The topological polar surface area (TPSA) is 70.7 Å². The number of carbonyl (C=O) groups excluding carboxylic acids is 2. The number of thioether (sulfide) groups is 1. The Morgan fingerprint density at radius 2 is 1.84 bits per heavy atom. The molecule has 1 fully saturated rings. The number of amides is 2. The minimum absolute atomic E-state index is 0.227. The van der Waals surface area contributed by atoms with E-state index in [1.807, 2.05) is 18.4 Å². The first-order valence-electron chi connectivity index (χ1n) is 10.4. The van der Waals surface area contributed by atoms with E-state index >= 15 is 0 Å². The van der Waals surface area contributed by atoms with Crippen molar-refractivity contribution in [3.05, 3.63) is 63.6 Å². The first-order chi connectivity index (χ1) is 15.5. The van der Waals surface area contributed by atoms with Crippen LogP contribution in [0.5, 0.6) is 0 Å². The van der Waals surface area contributed by atoms with Gasteiger partial charge in [0.25, 0.3) is 5.91 Å². The van der Waals surface area contributed by atoms with Gasteiger partial charge in [-0.05, 0) is 54.3 Å². The molecule has 0 spiro atoms. The number of rotatable bonds is 9. The van der Waals surface area contributed by atoms with Gasteiger partial charge in [-0.2, -0.15) is 11.8 Å². The van der Waals surface area contributed by atoms with Crippen molar-refractivity contribution in [1.29, 1.82) is 0 Å². The maximum absolute atomic E-state index is 12.8. The molecule has 0 bridgehead atoms. The Morgan fingerprint density at radius 1 is 1.12 bits per heavy atom. The Kier molecular flexibility index (Phi) is 9.53. The van der Waals surface area contributed by atoms with Crippen molar-refractivity contribution in [2.24, 2.45) is 0 Å². The zero-order valence-electron chi connectivity index (χ0n) is 17.9. The van der Waals surface area contributed by atoms with E-state index in [2.05, 4.69) is 27.7 Å². The van der Waals surface area contributed by atoms with Gasteiger partial charge in [-0.1, -0.05) is 35.3 Å². The molecule has 0 radical (unpaired) electrons. The summed E-state index contributed by atoms with van der Waals surface area (Å²) in [5.41, 5.74) is 2.43. The molecule has 2 amide bonds. The van der Waals surface area contributed by atoms with Crippen LogP contribution >= 0.6 is 35.0 Å². The summed E-state index contributed by atoms with van der Waals surface area (Å²) in [5, 5.41) is 6.44. The molecule has 2 aromatic carbocycles. The normalized spacial score (nSPS) is 14.7. The molecule has 0 aromatic heterocycles. The molecule has 1 unspecified atom stereocenters.